The average Bonchev–Trinajstić information content (AvgIpc) is 2.90. The lowest BCUT2D eigenvalue weighted by Crippen LogP contribution is -2.24. The summed E-state index contributed by atoms with van der Waals surface area (Å²) in [4.78, 5) is 3.76. The van der Waals surface area contributed by atoms with Crippen LogP contribution in [0.4, 0.5) is 5.69 Å². The topological polar surface area (TPSA) is 29.3 Å². The highest BCUT2D eigenvalue weighted by atomic mass is 35.5. The van der Waals surface area contributed by atoms with Gasteiger partial charge in [-0.1, -0.05) is 36.0 Å². The molecule has 1 atom stereocenters. The van der Waals surface area contributed by atoms with E-state index in [2.05, 4.69) is 29.3 Å². The molecule has 100 valence electrons. The number of thiocarbonyl (C=S) groups is 1. The fourth-order valence-corrected chi connectivity index (χ4v) is 3.35. The summed E-state index contributed by atoms with van der Waals surface area (Å²) in [5, 5.41) is 2.67. The highest BCUT2D eigenvalue weighted by Crippen LogP contribution is 2.33. The van der Waals surface area contributed by atoms with Crippen LogP contribution in [0.2, 0.25) is 5.02 Å². The van der Waals surface area contributed by atoms with Crippen LogP contribution in [0.5, 0.6) is 0 Å². The molecule has 2 N–H and O–H groups in total. The molecule has 5 heteroatoms. The quantitative estimate of drug-likeness (QED) is 0.857. The molecule has 0 aliphatic carbocycles. The Morgan fingerprint density at radius 2 is 2.11 bits per heavy atom. The molecule has 1 unspecified atom stereocenters. The van der Waals surface area contributed by atoms with Gasteiger partial charge in [0.05, 0.1) is 16.6 Å². The van der Waals surface area contributed by atoms with Crippen LogP contribution in [0, 0.1) is 0 Å². The van der Waals surface area contributed by atoms with Crippen LogP contribution in [0.25, 0.3) is 0 Å². The van der Waals surface area contributed by atoms with Gasteiger partial charge in [0, 0.05) is 17.6 Å². The number of halogens is 1. The van der Waals surface area contributed by atoms with Crippen molar-refractivity contribution in [2.75, 3.05) is 11.9 Å². The summed E-state index contributed by atoms with van der Waals surface area (Å²) in [5.41, 5.74) is 7.49. The number of hydrogen-bond donors (Lipinski definition) is 1. The van der Waals surface area contributed by atoms with Crippen molar-refractivity contribution < 1.29 is 0 Å². The molecule has 0 saturated carbocycles. The first kappa shape index (κ1) is 14.3. The van der Waals surface area contributed by atoms with Gasteiger partial charge in [-0.3, -0.25) is 0 Å². The van der Waals surface area contributed by atoms with Crippen LogP contribution >= 0.6 is 35.2 Å². The maximum atomic E-state index is 6.21. The van der Waals surface area contributed by atoms with Gasteiger partial charge >= 0.3 is 0 Å². The molecule has 19 heavy (non-hydrogen) atoms. The molecule has 0 radical (unpaired) electrons. The van der Waals surface area contributed by atoms with Crippen LogP contribution in [-0.4, -0.2) is 12.0 Å². The maximum absolute atomic E-state index is 6.21. The minimum atomic E-state index is 0.242. The zero-order valence-electron chi connectivity index (χ0n) is 10.8. The Hall–Kier alpha value is -1.10. The van der Waals surface area contributed by atoms with Crippen molar-refractivity contribution in [2.45, 2.75) is 13.0 Å². The number of nitrogens with two attached hydrogens (primary N) is 1. The molecular weight excluding hydrogens is 296 g/mol. The van der Waals surface area contributed by atoms with Gasteiger partial charge in [-0.2, -0.15) is 0 Å². The second kappa shape index (κ2) is 5.90. The number of benzene rings is 1. The molecule has 0 aliphatic heterocycles. The molecule has 2 aromatic rings. The van der Waals surface area contributed by atoms with Gasteiger partial charge in [0.2, 0.25) is 0 Å². The number of anilines is 1. The fraction of sp³-hybridized carbons (Fsp3) is 0.214. The second-order valence-corrected chi connectivity index (χ2v) is 6.13. The lowest BCUT2D eigenvalue weighted by molar-refractivity contribution is 0.753. The minimum Gasteiger partial charge on any atom is -0.389 e. The summed E-state index contributed by atoms with van der Waals surface area (Å²) in [6.45, 7) is 2.15. The average molecular weight is 311 g/mol. The first-order chi connectivity index (χ1) is 9.02. The molecule has 1 heterocycles. The summed E-state index contributed by atoms with van der Waals surface area (Å²) in [7, 11) is 2.03. The highest BCUT2D eigenvalue weighted by molar-refractivity contribution is 7.80. The van der Waals surface area contributed by atoms with Gasteiger partial charge < -0.3 is 10.6 Å². The third-order valence-electron chi connectivity index (χ3n) is 3.15. The highest BCUT2D eigenvalue weighted by Gasteiger charge is 2.18. The van der Waals surface area contributed by atoms with E-state index in [1.807, 2.05) is 25.2 Å². The van der Waals surface area contributed by atoms with Crippen molar-refractivity contribution in [2.24, 2.45) is 5.73 Å². The molecule has 1 aromatic carbocycles. The predicted octanol–water partition coefficient (Wildman–Crippen LogP) is 4.23. The van der Waals surface area contributed by atoms with E-state index in [0.717, 1.165) is 11.3 Å². The van der Waals surface area contributed by atoms with Crippen molar-refractivity contribution in [1.82, 2.24) is 0 Å². The summed E-state index contributed by atoms with van der Waals surface area (Å²) >= 11 is 13.1. The van der Waals surface area contributed by atoms with Gasteiger partial charge in [0.1, 0.15) is 4.99 Å². The van der Waals surface area contributed by atoms with E-state index in [9.17, 15) is 0 Å². The van der Waals surface area contributed by atoms with Crippen LogP contribution in [-0.2, 0) is 0 Å². The normalized spacial score (nSPS) is 12.2. The van der Waals surface area contributed by atoms with E-state index in [1.54, 1.807) is 11.3 Å². The van der Waals surface area contributed by atoms with E-state index >= 15 is 0 Å². The lowest BCUT2D eigenvalue weighted by Gasteiger charge is -2.28. The van der Waals surface area contributed by atoms with Crippen molar-refractivity contribution in [3.63, 3.8) is 0 Å². The van der Waals surface area contributed by atoms with E-state index in [0.29, 0.717) is 10.0 Å². The zero-order chi connectivity index (χ0) is 14.0. The molecule has 2 nitrogen and oxygen atoms in total. The van der Waals surface area contributed by atoms with Crippen LogP contribution < -0.4 is 10.6 Å². The Balaban J connectivity index is 2.42. The van der Waals surface area contributed by atoms with Crippen molar-refractivity contribution >= 4 is 45.8 Å². The monoisotopic (exact) mass is 310 g/mol. The molecule has 0 aliphatic rings. The molecule has 0 saturated heterocycles. The second-order valence-electron chi connectivity index (χ2n) is 4.30. The van der Waals surface area contributed by atoms with Gasteiger partial charge in [0.25, 0.3) is 0 Å². The molecule has 1 aromatic heterocycles. The van der Waals surface area contributed by atoms with Crippen LogP contribution in [0.3, 0.4) is 0 Å². The minimum absolute atomic E-state index is 0.242. The number of hydrogen-bond acceptors (Lipinski definition) is 3. The largest absolute Gasteiger partial charge is 0.389 e. The molecule has 0 fully saturated rings. The smallest absolute Gasteiger partial charge is 0.107 e. The first-order valence-corrected chi connectivity index (χ1v) is 7.53. The zero-order valence-corrected chi connectivity index (χ0v) is 13.1. The van der Waals surface area contributed by atoms with Crippen molar-refractivity contribution in [3.8, 4) is 0 Å². The predicted molar refractivity (Wildman–Crippen MR) is 88.5 cm³/mol. The Morgan fingerprint density at radius 1 is 1.37 bits per heavy atom. The van der Waals surface area contributed by atoms with Gasteiger partial charge in [-0.25, -0.2) is 0 Å². The number of nitrogens with zero attached hydrogens (tertiary/aromatic N) is 1. The third kappa shape index (κ3) is 2.91. The fourth-order valence-electron chi connectivity index (χ4n) is 1.98. The van der Waals surface area contributed by atoms with Crippen LogP contribution in [0.1, 0.15) is 23.4 Å². The summed E-state index contributed by atoms with van der Waals surface area (Å²) in [5.74, 6) is 0. The number of thiophene rings is 1. The van der Waals surface area contributed by atoms with Gasteiger partial charge in [0.15, 0.2) is 0 Å². The summed E-state index contributed by atoms with van der Waals surface area (Å²) < 4.78 is 0. The Kier molecular flexibility index (Phi) is 4.45. The third-order valence-corrected chi connectivity index (χ3v) is 4.72. The first-order valence-electron chi connectivity index (χ1n) is 5.87. The SMILES string of the molecule is CC(c1cccs1)N(C)c1cccc(Cl)c1C(N)=S. The molecule has 0 spiro atoms. The Bertz CT molecular complexity index is 581. The number of rotatable bonds is 4. The summed E-state index contributed by atoms with van der Waals surface area (Å²) in [6.07, 6.45) is 0. The van der Waals surface area contributed by atoms with E-state index in [1.165, 1.54) is 4.88 Å². The standard InChI is InChI=1S/C14H15ClN2S2/c1-9(12-7-4-8-19-12)17(2)11-6-3-5-10(15)13(11)14(16)18/h3-9H,1-2H3,(H2,16,18). The Labute approximate surface area is 127 Å². The molecule has 0 amide bonds. The van der Waals surface area contributed by atoms with Crippen LogP contribution in [0.15, 0.2) is 35.7 Å². The van der Waals surface area contributed by atoms with Crippen molar-refractivity contribution in [3.05, 3.63) is 51.2 Å². The van der Waals surface area contributed by atoms with Gasteiger partial charge in [-0.15, -0.1) is 11.3 Å². The van der Waals surface area contributed by atoms with E-state index < -0.39 is 0 Å². The molecule has 2 rings (SSSR count). The van der Waals surface area contributed by atoms with E-state index in [4.69, 9.17) is 29.6 Å². The molecule has 0 bridgehead atoms. The lowest BCUT2D eigenvalue weighted by atomic mass is 10.1. The molecular formula is C14H15ClN2S2. The van der Waals surface area contributed by atoms with Crippen molar-refractivity contribution in [1.29, 1.82) is 0 Å². The summed E-state index contributed by atoms with van der Waals surface area (Å²) in [6, 6.07) is 10.1. The van der Waals surface area contributed by atoms with E-state index in [-0.39, 0.29) is 6.04 Å². The maximum Gasteiger partial charge on any atom is 0.107 e. The van der Waals surface area contributed by atoms with Gasteiger partial charge in [-0.05, 0) is 30.5 Å². The Morgan fingerprint density at radius 3 is 2.68 bits per heavy atom.